The Morgan fingerprint density at radius 3 is 2.62 bits per heavy atom. The van der Waals surface area contributed by atoms with Crippen molar-refractivity contribution in [3.8, 4) is 0 Å². The van der Waals surface area contributed by atoms with Crippen LogP contribution in [0.15, 0.2) is 12.2 Å². The topological polar surface area (TPSA) is 71.1 Å². The van der Waals surface area contributed by atoms with Gasteiger partial charge in [-0.05, 0) is 58.3 Å². The Hall–Kier alpha value is -1.40. The fraction of sp³-hybridized carbons (Fsp3) is 0.826. The average molecular weight is 411 g/mol. The molecule has 2 aliphatic heterocycles. The summed E-state index contributed by atoms with van der Waals surface area (Å²) in [6.45, 7) is 12.1. The maximum atomic E-state index is 11.7. The van der Waals surface area contributed by atoms with Crippen molar-refractivity contribution in [2.45, 2.75) is 102 Å². The average Bonchev–Trinajstić information content (AvgIpc) is 3.02. The predicted octanol–water partition coefficient (Wildman–Crippen LogP) is 4.35. The van der Waals surface area contributed by atoms with Crippen LogP contribution >= 0.6 is 0 Å². The highest BCUT2D eigenvalue weighted by molar-refractivity contribution is 5.70. The molecule has 0 aromatic rings. The number of fused-ring (bicyclic) bond motifs is 2. The summed E-state index contributed by atoms with van der Waals surface area (Å²) in [5.41, 5.74) is 0.240. The van der Waals surface area contributed by atoms with Crippen LogP contribution in [0.4, 0.5) is 0 Å². The summed E-state index contributed by atoms with van der Waals surface area (Å²) in [5, 5.41) is 0. The molecule has 29 heavy (non-hydrogen) atoms. The molecule has 6 heteroatoms. The van der Waals surface area contributed by atoms with Gasteiger partial charge < -0.3 is 18.9 Å². The van der Waals surface area contributed by atoms with Gasteiger partial charge >= 0.3 is 11.9 Å². The van der Waals surface area contributed by atoms with Gasteiger partial charge in [0.25, 0.3) is 0 Å². The minimum atomic E-state index is -0.520. The summed E-state index contributed by atoms with van der Waals surface area (Å²) in [5.74, 6) is -0.209. The molecule has 0 radical (unpaired) electrons. The third kappa shape index (κ3) is 6.54. The minimum Gasteiger partial charge on any atom is -0.469 e. The van der Waals surface area contributed by atoms with Crippen molar-refractivity contribution in [1.29, 1.82) is 0 Å². The monoisotopic (exact) mass is 410 g/mol. The molecule has 0 aromatic carbocycles. The summed E-state index contributed by atoms with van der Waals surface area (Å²) < 4.78 is 22.9. The van der Waals surface area contributed by atoms with Crippen LogP contribution in [0.2, 0.25) is 0 Å². The fourth-order valence-electron chi connectivity index (χ4n) is 4.51. The molecule has 2 fully saturated rings. The van der Waals surface area contributed by atoms with Gasteiger partial charge in [0.15, 0.2) is 0 Å². The molecule has 0 amide bonds. The van der Waals surface area contributed by atoms with E-state index < -0.39 is 5.60 Å². The Balaban J connectivity index is 1.85. The van der Waals surface area contributed by atoms with Crippen LogP contribution in [0.1, 0.15) is 79.1 Å². The molecular formula is C23H38O6. The van der Waals surface area contributed by atoms with E-state index in [1.165, 1.54) is 14.0 Å². The number of esters is 2. The molecule has 6 nitrogen and oxygen atoms in total. The third-order valence-corrected chi connectivity index (χ3v) is 6.43. The normalized spacial score (nSPS) is 30.4. The molecule has 2 heterocycles. The highest BCUT2D eigenvalue weighted by atomic mass is 16.6. The summed E-state index contributed by atoms with van der Waals surface area (Å²) >= 11 is 0. The second-order valence-electron chi connectivity index (χ2n) is 9.20. The molecule has 2 rings (SSSR count). The van der Waals surface area contributed by atoms with E-state index >= 15 is 0 Å². The predicted molar refractivity (Wildman–Crippen MR) is 110 cm³/mol. The van der Waals surface area contributed by atoms with Crippen molar-refractivity contribution in [3.05, 3.63) is 12.2 Å². The van der Waals surface area contributed by atoms with Gasteiger partial charge in [0.05, 0.1) is 31.8 Å². The zero-order valence-corrected chi connectivity index (χ0v) is 18.8. The van der Waals surface area contributed by atoms with Gasteiger partial charge in [-0.3, -0.25) is 9.59 Å². The lowest BCUT2D eigenvalue weighted by Crippen LogP contribution is -2.53. The van der Waals surface area contributed by atoms with Gasteiger partial charge in [-0.25, -0.2) is 0 Å². The first-order valence-electron chi connectivity index (χ1n) is 10.8. The molecular weight excluding hydrogens is 372 g/mol. The lowest BCUT2D eigenvalue weighted by atomic mass is 9.87. The van der Waals surface area contributed by atoms with Crippen LogP contribution < -0.4 is 0 Å². The van der Waals surface area contributed by atoms with Crippen LogP contribution in [0.3, 0.4) is 0 Å². The van der Waals surface area contributed by atoms with E-state index in [9.17, 15) is 9.59 Å². The lowest BCUT2D eigenvalue weighted by Gasteiger charge is -2.44. The largest absolute Gasteiger partial charge is 0.469 e. The Kier molecular flexibility index (Phi) is 8.29. The van der Waals surface area contributed by atoms with Gasteiger partial charge in [-0.1, -0.05) is 18.9 Å². The molecule has 0 aliphatic carbocycles. The first kappa shape index (κ1) is 23.9. The number of methoxy groups -OCH3 is 1. The van der Waals surface area contributed by atoms with E-state index in [4.69, 9.17) is 18.9 Å². The number of rotatable bonds is 11. The summed E-state index contributed by atoms with van der Waals surface area (Å²) in [6, 6.07) is 0. The van der Waals surface area contributed by atoms with Crippen molar-refractivity contribution >= 4 is 11.9 Å². The van der Waals surface area contributed by atoms with Crippen LogP contribution in [-0.2, 0) is 28.5 Å². The molecule has 5 unspecified atom stereocenters. The van der Waals surface area contributed by atoms with Gasteiger partial charge in [0.1, 0.15) is 11.7 Å². The van der Waals surface area contributed by atoms with Gasteiger partial charge in [-0.15, -0.1) is 6.58 Å². The van der Waals surface area contributed by atoms with E-state index in [0.717, 1.165) is 50.5 Å². The molecule has 2 aliphatic rings. The van der Waals surface area contributed by atoms with Crippen molar-refractivity contribution in [2.75, 3.05) is 13.7 Å². The summed E-state index contributed by atoms with van der Waals surface area (Å²) in [4.78, 5) is 23.2. The standard InChI is InChI=1S/C23H38O6/c1-16(2)9-10-19(28-18(4)24)17(3)8-7-12-22(5)20-11-13-23(29-20,15-27-22)14-21(25)26-6/h17,19-20H,1,7-15H2,2-6H3. The smallest absolute Gasteiger partial charge is 0.308 e. The third-order valence-electron chi connectivity index (χ3n) is 6.43. The SMILES string of the molecule is C=C(C)CCC(OC(C)=O)C(C)CCCC1(C)OCC2(CC(=O)OC)CCC1O2. The fourth-order valence-corrected chi connectivity index (χ4v) is 4.51. The molecule has 0 aromatic heterocycles. The van der Waals surface area contributed by atoms with Crippen molar-refractivity contribution in [1.82, 2.24) is 0 Å². The number of carbonyl (C=O) groups is 2. The Morgan fingerprint density at radius 1 is 1.28 bits per heavy atom. The summed E-state index contributed by atoms with van der Waals surface area (Å²) in [7, 11) is 1.40. The van der Waals surface area contributed by atoms with Crippen LogP contribution in [-0.4, -0.2) is 49.1 Å². The van der Waals surface area contributed by atoms with Crippen molar-refractivity contribution in [3.63, 3.8) is 0 Å². The highest BCUT2D eigenvalue weighted by Crippen LogP contribution is 2.46. The molecule has 0 saturated carbocycles. The number of hydrogen-bond donors (Lipinski definition) is 0. The van der Waals surface area contributed by atoms with E-state index in [2.05, 4.69) is 20.4 Å². The first-order valence-corrected chi connectivity index (χ1v) is 10.8. The molecule has 2 saturated heterocycles. The lowest BCUT2D eigenvalue weighted by molar-refractivity contribution is -0.243. The number of allylic oxidation sites excluding steroid dienone is 1. The molecule has 5 atom stereocenters. The van der Waals surface area contributed by atoms with Gasteiger partial charge in [0.2, 0.25) is 0 Å². The second-order valence-corrected chi connectivity index (χ2v) is 9.20. The Labute approximate surface area is 175 Å². The van der Waals surface area contributed by atoms with E-state index in [1.54, 1.807) is 0 Å². The first-order chi connectivity index (χ1) is 13.6. The highest BCUT2D eigenvalue weighted by Gasteiger charge is 2.54. The van der Waals surface area contributed by atoms with Gasteiger partial charge in [0, 0.05) is 6.92 Å². The summed E-state index contributed by atoms with van der Waals surface area (Å²) in [6.07, 6.45) is 6.37. The Bertz CT molecular complexity index is 602. The maximum Gasteiger partial charge on any atom is 0.308 e. The quantitative estimate of drug-likeness (QED) is 0.372. The Morgan fingerprint density at radius 2 is 2.00 bits per heavy atom. The van der Waals surface area contributed by atoms with Crippen molar-refractivity contribution in [2.24, 2.45) is 5.92 Å². The molecule has 166 valence electrons. The van der Waals surface area contributed by atoms with Crippen LogP contribution in [0.25, 0.3) is 0 Å². The molecule has 0 N–H and O–H groups in total. The zero-order chi connectivity index (χ0) is 21.7. The van der Waals surface area contributed by atoms with Crippen LogP contribution in [0, 0.1) is 5.92 Å². The second kappa shape index (κ2) is 10.1. The van der Waals surface area contributed by atoms with Crippen molar-refractivity contribution < 1.29 is 28.5 Å². The van der Waals surface area contributed by atoms with E-state index in [1.807, 2.05) is 6.92 Å². The molecule has 2 bridgehead atoms. The zero-order valence-electron chi connectivity index (χ0n) is 18.8. The number of hydrogen-bond acceptors (Lipinski definition) is 6. The minimum absolute atomic E-state index is 0.00361. The van der Waals surface area contributed by atoms with E-state index in [-0.39, 0.29) is 42.1 Å². The number of ether oxygens (including phenoxy) is 4. The van der Waals surface area contributed by atoms with Crippen LogP contribution in [0.5, 0.6) is 0 Å². The maximum absolute atomic E-state index is 11.7. The molecule has 0 spiro atoms. The van der Waals surface area contributed by atoms with E-state index in [0.29, 0.717) is 6.61 Å². The van der Waals surface area contributed by atoms with Gasteiger partial charge in [-0.2, -0.15) is 0 Å². The number of carbonyl (C=O) groups excluding carboxylic acids is 2.